The standard InChI is InChI=1S/C22H17ClF2N4O/c1-13(15-3-6-17(23)7-4-15)27-22-26-11-16-5-9-20(30)29(21(16)28-22)12-14-2-8-18(24)19(25)10-14/h2-11,13H,12H2,1H3,(H,26,27,28)/t13-/m0/s1. The molecule has 0 aliphatic carbocycles. The lowest BCUT2D eigenvalue weighted by Gasteiger charge is -2.15. The van der Waals surface area contributed by atoms with Crippen molar-refractivity contribution in [3.63, 3.8) is 0 Å². The molecule has 0 aliphatic rings. The molecule has 0 aliphatic heterocycles. The predicted octanol–water partition coefficient (Wildman–Crippen LogP) is 4.94. The molecular weight excluding hydrogens is 410 g/mol. The lowest BCUT2D eigenvalue weighted by Crippen LogP contribution is -2.21. The summed E-state index contributed by atoms with van der Waals surface area (Å²) < 4.78 is 28.2. The lowest BCUT2D eigenvalue weighted by molar-refractivity contribution is 0.506. The van der Waals surface area contributed by atoms with Crippen LogP contribution in [0.4, 0.5) is 14.7 Å². The first-order valence-corrected chi connectivity index (χ1v) is 9.61. The Kier molecular flexibility index (Phi) is 5.46. The van der Waals surface area contributed by atoms with E-state index in [-0.39, 0.29) is 18.1 Å². The molecular formula is C22H17ClF2N4O. The summed E-state index contributed by atoms with van der Waals surface area (Å²) in [5, 5.41) is 4.51. The zero-order valence-corrected chi connectivity index (χ0v) is 16.7. The molecule has 0 radical (unpaired) electrons. The summed E-state index contributed by atoms with van der Waals surface area (Å²) >= 11 is 5.94. The summed E-state index contributed by atoms with van der Waals surface area (Å²) in [6.45, 7) is 2.01. The highest BCUT2D eigenvalue weighted by Crippen LogP contribution is 2.20. The first kappa shape index (κ1) is 20.0. The first-order chi connectivity index (χ1) is 14.4. The maximum absolute atomic E-state index is 13.6. The zero-order chi connectivity index (χ0) is 21.3. The Labute approximate surface area is 176 Å². The Morgan fingerprint density at radius 1 is 1.07 bits per heavy atom. The van der Waals surface area contributed by atoms with Crippen molar-refractivity contribution < 1.29 is 8.78 Å². The van der Waals surface area contributed by atoms with E-state index in [1.807, 2.05) is 19.1 Å². The van der Waals surface area contributed by atoms with Gasteiger partial charge < -0.3 is 5.32 Å². The number of fused-ring (bicyclic) bond motifs is 1. The van der Waals surface area contributed by atoms with Gasteiger partial charge in [-0.2, -0.15) is 4.98 Å². The van der Waals surface area contributed by atoms with Gasteiger partial charge in [0, 0.05) is 22.7 Å². The summed E-state index contributed by atoms with van der Waals surface area (Å²) in [6, 6.07) is 13.9. The predicted molar refractivity (Wildman–Crippen MR) is 113 cm³/mol. The van der Waals surface area contributed by atoms with Gasteiger partial charge in [0.2, 0.25) is 5.95 Å². The van der Waals surface area contributed by atoms with E-state index in [9.17, 15) is 13.6 Å². The number of hydrogen-bond acceptors (Lipinski definition) is 4. The van der Waals surface area contributed by atoms with Crippen LogP contribution in [0.3, 0.4) is 0 Å². The normalized spacial score (nSPS) is 12.1. The maximum atomic E-state index is 13.6. The number of hydrogen-bond donors (Lipinski definition) is 1. The van der Waals surface area contributed by atoms with Crippen molar-refractivity contribution in [1.82, 2.24) is 14.5 Å². The van der Waals surface area contributed by atoms with Crippen LogP contribution in [-0.4, -0.2) is 14.5 Å². The Bertz CT molecular complexity index is 1270. The third-order valence-electron chi connectivity index (χ3n) is 4.76. The van der Waals surface area contributed by atoms with Crippen LogP contribution in [0.15, 0.2) is 65.6 Å². The third-order valence-corrected chi connectivity index (χ3v) is 5.02. The number of nitrogens with one attached hydrogen (secondary N) is 1. The fourth-order valence-electron chi connectivity index (χ4n) is 3.14. The van der Waals surface area contributed by atoms with Gasteiger partial charge in [0.15, 0.2) is 11.6 Å². The van der Waals surface area contributed by atoms with Gasteiger partial charge in [0.05, 0.1) is 12.6 Å². The van der Waals surface area contributed by atoms with E-state index in [0.717, 1.165) is 17.7 Å². The Morgan fingerprint density at radius 3 is 2.57 bits per heavy atom. The second-order valence-electron chi connectivity index (χ2n) is 6.90. The van der Waals surface area contributed by atoms with Crippen molar-refractivity contribution in [3.05, 3.63) is 98.9 Å². The fourth-order valence-corrected chi connectivity index (χ4v) is 3.27. The van der Waals surface area contributed by atoms with E-state index < -0.39 is 11.6 Å². The van der Waals surface area contributed by atoms with Gasteiger partial charge in [0.25, 0.3) is 5.56 Å². The van der Waals surface area contributed by atoms with Gasteiger partial charge >= 0.3 is 0 Å². The summed E-state index contributed by atoms with van der Waals surface area (Å²) in [7, 11) is 0. The molecule has 8 heteroatoms. The van der Waals surface area contributed by atoms with Gasteiger partial charge in [-0.1, -0.05) is 29.8 Å². The van der Waals surface area contributed by atoms with Crippen molar-refractivity contribution in [3.8, 4) is 0 Å². The number of halogens is 3. The van der Waals surface area contributed by atoms with Crippen LogP contribution in [0, 0.1) is 11.6 Å². The van der Waals surface area contributed by atoms with Crippen LogP contribution >= 0.6 is 11.6 Å². The number of anilines is 1. The Hall–Kier alpha value is -3.32. The smallest absolute Gasteiger partial charge is 0.252 e. The molecule has 0 saturated heterocycles. The quantitative estimate of drug-likeness (QED) is 0.491. The number of pyridine rings is 1. The molecule has 2 aromatic carbocycles. The molecule has 0 saturated carbocycles. The molecule has 0 bridgehead atoms. The number of aromatic nitrogens is 3. The Balaban J connectivity index is 1.68. The van der Waals surface area contributed by atoms with E-state index >= 15 is 0 Å². The largest absolute Gasteiger partial charge is 0.348 e. The van der Waals surface area contributed by atoms with Crippen LogP contribution in [0.25, 0.3) is 11.0 Å². The highest BCUT2D eigenvalue weighted by Gasteiger charge is 2.12. The van der Waals surface area contributed by atoms with E-state index in [4.69, 9.17) is 11.6 Å². The molecule has 30 heavy (non-hydrogen) atoms. The molecule has 0 fully saturated rings. The second-order valence-corrected chi connectivity index (χ2v) is 7.33. The molecule has 2 heterocycles. The Morgan fingerprint density at radius 2 is 1.83 bits per heavy atom. The van der Waals surface area contributed by atoms with Crippen LogP contribution in [0.5, 0.6) is 0 Å². The summed E-state index contributed by atoms with van der Waals surface area (Å²) in [6.07, 6.45) is 1.61. The van der Waals surface area contributed by atoms with Gasteiger partial charge in [-0.25, -0.2) is 13.8 Å². The van der Waals surface area contributed by atoms with E-state index in [1.165, 1.54) is 16.7 Å². The highest BCUT2D eigenvalue weighted by atomic mass is 35.5. The van der Waals surface area contributed by atoms with E-state index in [2.05, 4.69) is 15.3 Å². The minimum Gasteiger partial charge on any atom is -0.348 e. The number of rotatable bonds is 5. The molecule has 1 N–H and O–H groups in total. The minimum absolute atomic E-state index is 0.0521. The number of nitrogens with zero attached hydrogens (tertiary/aromatic N) is 3. The highest BCUT2D eigenvalue weighted by molar-refractivity contribution is 6.30. The fraction of sp³-hybridized carbons (Fsp3) is 0.136. The molecule has 2 aromatic heterocycles. The zero-order valence-electron chi connectivity index (χ0n) is 15.9. The molecule has 0 amide bonds. The maximum Gasteiger partial charge on any atom is 0.252 e. The van der Waals surface area contributed by atoms with Crippen molar-refractivity contribution >= 4 is 28.6 Å². The van der Waals surface area contributed by atoms with Crippen LogP contribution in [0.1, 0.15) is 24.1 Å². The summed E-state index contributed by atoms with van der Waals surface area (Å²) in [5.74, 6) is -1.56. The average Bonchev–Trinajstić information content (AvgIpc) is 2.73. The van der Waals surface area contributed by atoms with Gasteiger partial charge in [-0.15, -0.1) is 0 Å². The molecule has 5 nitrogen and oxygen atoms in total. The van der Waals surface area contributed by atoms with Gasteiger partial charge in [0.1, 0.15) is 5.65 Å². The van der Waals surface area contributed by atoms with Gasteiger partial charge in [-0.05, 0) is 48.4 Å². The topological polar surface area (TPSA) is 59.8 Å². The van der Waals surface area contributed by atoms with Crippen LogP contribution in [0.2, 0.25) is 5.02 Å². The molecule has 0 spiro atoms. The monoisotopic (exact) mass is 426 g/mol. The van der Waals surface area contributed by atoms with E-state index in [1.54, 1.807) is 24.4 Å². The van der Waals surface area contributed by atoms with Crippen LogP contribution in [-0.2, 0) is 6.54 Å². The SMILES string of the molecule is C[C@H](Nc1ncc2ccc(=O)n(Cc3ccc(F)c(F)c3)c2n1)c1ccc(Cl)cc1. The molecule has 0 unspecified atom stereocenters. The van der Waals surface area contributed by atoms with Gasteiger partial charge in [-0.3, -0.25) is 9.36 Å². The summed E-state index contributed by atoms with van der Waals surface area (Å²) in [4.78, 5) is 21.3. The van der Waals surface area contributed by atoms with E-state index in [0.29, 0.717) is 27.6 Å². The number of benzene rings is 2. The second kappa shape index (κ2) is 8.20. The van der Waals surface area contributed by atoms with Crippen molar-refractivity contribution in [2.24, 2.45) is 0 Å². The molecule has 152 valence electrons. The molecule has 1 atom stereocenters. The van der Waals surface area contributed by atoms with Crippen molar-refractivity contribution in [2.45, 2.75) is 19.5 Å². The van der Waals surface area contributed by atoms with Crippen molar-refractivity contribution in [1.29, 1.82) is 0 Å². The lowest BCUT2D eigenvalue weighted by atomic mass is 10.1. The first-order valence-electron chi connectivity index (χ1n) is 9.23. The minimum atomic E-state index is -0.963. The molecule has 4 aromatic rings. The summed E-state index contributed by atoms with van der Waals surface area (Å²) in [5.41, 5.74) is 1.54. The van der Waals surface area contributed by atoms with Crippen molar-refractivity contribution in [2.75, 3.05) is 5.32 Å². The third kappa shape index (κ3) is 4.16. The average molecular weight is 427 g/mol. The van der Waals surface area contributed by atoms with Crippen LogP contribution < -0.4 is 10.9 Å². The molecule has 4 rings (SSSR count).